The van der Waals surface area contributed by atoms with Crippen molar-refractivity contribution >= 4 is 15.9 Å². The highest BCUT2D eigenvalue weighted by atomic mass is 32.2. The molecule has 4 rings (SSSR count). The van der Waals surface area contributed by atoms with E-state index in [1.807, 2.05) is 42.3 Å². The van der Waals surface area contributed by atoms with Crippen LogP contribution in [-0.4, -0.2) is 81.4 Å². The van der Waals surface area contributed by atoms with Gasteiger partial charge in [-0.25, -0.2) is 12.8 Å². The Balaban J connectivity index is 1.57. The molecule has 1 atom stereocenters. The zero-order valence-corrected chi connectivity index (χ0v) is 20.3. The van der Waals surface area contributed by atoms with Gasteiger partial charge in [0.1, 0.15) is 16.5 Å². The first-order valence-corrected chi connectivity index (χ1v) is 13.1. The Hall–Kier alpha value is -2.49. The Morgan fingerprint density at radius 1 is 1.00 bits per heavy atom. The number of hydrogen-bond donors (Lipinski definition) is 0. The minimum absolute atomic E-state index is 0.00917. The van der Waals surface area contributed by atoms with Crippen molar-refractivity contribution in [1.82, 2.24) is 14.1 Å². The third kappa shape index (κ3) is 5.59. The topological polar surface area (TPSA) is 70.2 Å². The zero-order valence-electron chi connectivity index (χ0n) is 19.5. The molecule has 0 unspecified atom stereocenters. The maximum Gasteiger partial charge on any atom is 0.246 e. The number of ether oxygens (including phenoxy) is 1. The molecule has 0 bridgehead atoms. The number of rotatable bonds is 7. The van der Waals surface area contributed by atoms with Crippen LogP contribution in [0.25, 0.3) is 0 Å². The van der Waals surface area contributed by atoms with E-state index in [2.05, 4.69) is 4.90 Å². The van der Waals surface area contributed by atoms with Gasteiger partial charge in [0.25, 0.3) is 0 Å². The van der Waals surface area contributed by atoms with Crippen LogP contribution < -0.4 is 4.74 Å². The van der Waals surface area contributed by atoms with Crippen molar-refractivity contribution in [2.24, 2.45) is 5.41 Å². The SMILES string of the molecule is CN1CCN(C(=O)C[C@]2(COc3ccccc3)CCCN(S(=O)(=O)c3ccccc3F)C2)CC1. The lowest BCUT2D eigenvalue weighted by molar-refractivity contribution is -0.136. The van der Waals surface area contributed by atoms with Crippen LogP contribution >= 0.6 is 0 Å². The molecule has 7 nitrogen and oxygen atoms in total. The number of amides is 1. The van der Waals surface area contributed by atoms with E-state index in [4.69, 9.17) is 4.74 Å². The monoisotopic (exact) mass is 489 g/mol. The summed E-state index contributed by atoms with van der Waals surface area (Å²) < 4.78 is 48.5. The van der Waals surface area contributed by atoms with Gasteiger partial charge in [-0.2, -0.15) is 4.31 Å². The number of likely N-dealkylation sites (N-methyl/N-ethyl adjacent to an activating group) is 1. The summed E-state index contributed by atoms with van der Waals surface area (Å²) in [6.45, 7) is 3.53. The molecule has 0 saturated carbocycles. The smallest absolute Gasteiger partial charge is 0.246 e. The van der Waals surface area contributed by atoms with Gasteiger partial charge in [0.05, 0.1) is 6.61 Å². The third-order valence-electron chi connectivity index (χ3n) is 6.75. The zero-order chi connectivity index (χ0) is 24.2. The number of piperidine rings is 1. The number of piperazine rings is 1. The van der Waals surface area contributed by atoms with Crippen molar-refractivity contribution < 1.29 is 22.3 Å². The lowest BCUT2D eigenvalue weighted by atomic mass is 9.78. The van der Waals surface area contributed by atoms with Crippen LogP contribution in [0.3, 0.4) is 0 Å². The fourth-order valence-electron chi connectivity index (χ4n) is 4.72. The van der Waals surface area contributed by atoms with Gasteiger partial charge in [-0.05, 0) is 44.2 Å². The van der Waals surface area contributed by atoms with Crippen LogP contribution in [0.15, 0.2) is 59.5 Å². The van der Waals surface area contributed by atoms with Crippen molar-refractivity contribution in [1.29, 1.82) is 0 Å². The molecular formula is C25H32FN3O4S. The van der Waals surface area contributed by atoms with Gasteiger partial charge in [0.15, 0.2) is 0 Å². The molecule has 34 heavy (non-hydrogen) atoms. The molecule has 0 aromatic heterocycles. The maximum absolute atomic E-state index is 14.4. The fraction of sp³-hybridized carbons (Fsp3) is 0.480. The van der Waals surface area contributed by atoms with E-state index in [1.165, 1.54) is 22.5 Å². The van der Waals surface area contributed by atoms with E-state index in [0.29, 0.717) is 31.7 Å². The Bertz CT molecular complexity index is 1090. The maximum atomic E-state index is 14.4. The minimum atomic E-state index is -4.04. The summed E-state index contributed by atoms with van der Waals surface area (Å²) >= 11 is 0. The van der Waals surface area contributed by atoms with Crippen molar-refractivity contribution in [3.05, 3.63) is 60.4 Å². The summed E-state index contributed by atoms with van der Waals surface area (Å²) in [5.74, 6) is -0.0920. The molecule has 2 aliphatic rings. The van der Waals surface area contributed by atoms with Crippen molar-refractivity contribution in [2.75, 3.05) is 52.9 Å². The van der Waals surface area contributed by atoms with Gasteiger partial charge in [-0.1, -0.05) is 30.3 Å². The van der Waals surface area contributed by atoms with Crippen LogP contribution in [0, 0.1) is 11.2 Å². The highest BCUT2D eigenvalue weighted by Crippen LogP contribution is 2.37. The van der Waals surface area contributed by atoms with E-state index in [9.17, 15) is 17.6 Å². The van der Waals surface area contributed by atoms with E-state index < -0.39 is 21.3 Å². The molecular weight excluding hydrogens is 457 g/mol. The molecule has 0 N–H and O–H groups in total. The fourth-order valence-corrected chi connectivity index (χ4v) is 6.37. The first kappa shape index (κ1) is 24.6. The summed E-state index contributed by atoms with van der Waals surface area (Å²) in [5.41, 5.74) is -0.702. The third-order valence-corrected chi connectivity index (χ3v) is 8.63. The van der Waals surface area contributed by atoms with Gasteiger partial charge in [0.2, 0.25) is 15.9 Å². The van der Waals surface area contributed by atoms with Gasteiger partial charge in [-0.3, -0.25) is 4.79 Å². The van der Waals surface area contributed by atoms with E-state index in [0.717, 1.165) is 19.2 Å². The Kier molecular flexibility index (Phi) is 7.54. The number of benzene rings is 2. The lowest BCUT2D eigenvalue weighted by Crippen LogP contribution is -2.53. The number of carbonyl (C=O) groups excluding carboxylic acids is 1. The number of carbonyl (C=O) groups is 1. The van der Waals surface area contributed by atoms with Gasteiger partial charge in [-0.15, -0.1) is 0 Å². The number of nitrogens with zero attached hydrogens (tertiary/aromatic N) is 3. The average Bonchev–Trinajstić information content (AvgIpc) is 2.84. The first-order valence-electron chi connectivity index (χ1n) is 11.7. The van der Waals surface area contributed by atoms with E-state index >= 15 is 0 Å². The summed E-state index contributed by atoms with van der Waals surface area (Å²) in [5, 5.41) is 0. The molecule has 2 aromatic rings. The van der Waals surface area contributed by atoms with Gasteiger partial charge in [0, 0.05) is 51.1 Å². The van der Waals surface area contributed by atoms with E-state index in [1.54, 1.807) is 0 Å². The standard InChI is InChI=1S/C25H32FN3O4S/c1-27-14-16-28(17-15-27)24(30)18-25(20-33-21-8-3-2-4-9-21)12-7-13-29(19-25)34(31,32)23-11-6-5-10-22(23)26/h2-6,8-11H,7,12-20H2,1H3/t25-/m1/s1. The number of sulfonamides is 1. The van der Waals surface area contributed by atoms with Gasteiger partial charge < -0.3 is 14.5 Å². The Morgan fingerprint density at radius 2 is 1.68 bits per heavy atom. The minimum Gasteiger partial charge on any atom is -0.493 e. The largest absolute Gasteiger partial charge is 0.493 e. The predicted molar refractivity (Wildman–Crippen MR) is 127 cm³/mol. The molecule has 2 fully saturated rings. The molecule has 0 aliphatic carbocycles. The molecule has 184 valence electrons. The second-order valence-electron chi connectivity index (χ2n) is 9.34. The lowest BCUT2D eigenvalue weighted by Gasteiger charge is -2.43. The highest BCUT2D eigenvalue weighted by Gasteiger charge is 2.43. The summed E-state index contributed by atoms with van der Waals surface area (Å²) in [6, 6.07) is 14.7. The number of para-hydroxylation sites is 1. The molecule has 2 saturated heterocycles. The Morgan fingerprint density at radius 3 is 2.38 bits per heavy atom. The summed E-state index contributed by atoms with van der Waals surface area (Å²) in [4.78, 5) is 17.0. The van der Waals surface area contributed by atoms with E-state index in [-0.39, 0.29) is 36.9 Å². The predicted octanol–water partition coefficient (Wildman–Crippen LogP) is 2.84. The molecule has 0 spiro atoms. The molecule has 2 aromatic carbocycles. The summed E-state index contributed by atoms with van der Waals surface area (Å²) in [7, 11) is -2.01. The molecule has 1 amide bonds. The summed E-state index contributed by atoms with van der Waals surface area (Å²) in [6.07, 6.45) is 1.41. The van der Waals surface area contributed by atoms with Gasteiger partial charge >= 0.3 is 0 Å². The van der Waals surface area contributed by atoms with Crippen LogP contribution in [0.1, 0.15) is 19.3 Å². The Labute approximate surface area is 201 Å². The first-order chi connectivity index (χ1) is 16.3. The van der Waals surface area contributed by atoms with Crippen LogP contribution in [0.4, 0.5) is 4.39 Å². The highest BCUT2D eigenvalue weighted by molar-refractivity contribution is 7.89. The molecule has 2 heterocycles. The number of hydrogen-bond acceptors (Lipinski definition) is 5. The van der Waals surface area contributed by atoms with Crippen molar-refractivity contribution in [2.45, 2.75) is 24.2 Å². The molecule has 2 aliphatic heterocycles. The number of halogens is 1. The normalized spacial score (nSPS) is 22.5. The second kappa shape index (κ2) is 10.4. The van der Waals surface area contributed by atoms with Crippen LogP contribution in [0.5, 0.6) is 5.75 Å². The van der Waals surface area contributed by atoms with Crippen molar-refractivity contribution in [3.63, 3.8) is 0 Å². The second-order valence-corrected chi connectivity index (χ2v) is 11.2. The molecule has 9 heteroatoms. The average molecular weight is 490 g/mol. The molecule has 0 radical (unpaired) electrons. The quantitative estimate of drug-likeness (QED) is 0.598. The van der Waals surface area contributed by atoms with Crippen LogP contribution in [-0.2, 0) is 14.8 Å². The van der Waals surface area contributed by atoms with Crippen LogP contribution in [0.2, 0.25) is 0 Å². The van der Waals surface area contributed by atoms with Crippen molar-refractivity contribution in [3.8, 4) is 5.75 Å².